The average molecular weight is 690 g/mol. The summed E-state index contributed by atoms with van der Waals surface area (Å²) in [5, 5.41) is 18.1. The van der Waals surface area contributed by atoms with Crippen LogP contribution in [0, 0.1) is 18.3 Å². The second kappa shape index (κ2) is 15.1. The molecule has 1 saturated heterocycles. The van der Waals surface area contributed by atoms with Crippen molar-refractivity contribution >= 4 is 23.9 Å². The summed E-state index contributed by atoms with van der Waals surface area (Å²) in [7, 11) is 0. The molecule has 0 bridgehead atoms. The quantitative estimate of drug-likeness (QED) is 0.239. The molecule has 0 amide bonds. The molecule has 16 heteroatoms. The number of esters is 4. The number of benzene rings is 2. The number of ether oxygens (including phenoxy) is 7. The molecule has 0 spiro atoms. The van der Waals surface area contributed by atoms with E-state index in [4.69, 9.17) is 38.9 Å². The van der Waals surface area contributed by atoms with Crippen LogP contribution in [0.25, 0.3) is 0 Å². The number of fused-ring (bicyclic) bond motifs is 1. The molecule has 0 saturated carbocycles. The predicted octanol–water partition coefficient (Wildman–Crippen LogP) is 2.64. The third-order valence-electron chi connectivity index (χ3n) is 7.77. The van der Waals surface area contributed by atoms with Crippen molar-refractivity contribution in [1.82, 2.24) is 15.0 Å². The number of allylic oxidation sites excluding steroid dienone is 1. The zero-order valence-corrected chi connectivity index (χ0v) is 27.9. The van der Waals surface area contributed by atoms with Crippen molar-refractivity contribution in [3.8, 4) is 17.6 Å². The Morgan fingerprint density at radius 3 is 2.22 bits per heavy atom. The van der Waals surface area contributed by atoms with E-state index in [1.54, 1.807) is 18.2 Å². The van der Waals surface area contributed by atoms with Gasteiger partial charge in [-0.15, -0.1) is 5.10 Å². The van der Waals surface area contributed by atoms with E-state index in [-0.39, 0.29) is 19.1 Å². The smallest absolute Gasteiger partial charge is 0.303 e. The highest BCUT2D eigenvalue weighted by Gasteiger charge is 2.53. The molecule has 2 aliphatic heterocycles. The number of nitrogens with zero attached hydrogens (tertiary/aromatic N) is 4. The van der Waals surface area contributed by atoms with Gasteiger partial charge in [-0.05, 0) is 18.6 Å². The maximum Gasteiger partial charge on any atom is 0.303 e. The van der Waals surface area contributed by atoms with Crippen molar-refractivity contribution in [3.63, 3.8) is 0 Å². The molecular weight excluding hydrogens is 654 g/mol. The Morgan fingerprint density at radius 2 is 1.58 bits per heavy atom. The Kier molecular flexibility index (Phi) is 10.7. The average Bonchev–Trinajstić information content (AvgIpc) is 3.52. The lowest BCUT2D eigenvalue weighted by molar-refractivity contribution is -0.270. The second-order valence-corrected chi connectivity index (χ2v) is 11.6. The minimum atomic E-state index is -1.37. The summed E-state index contributed by atoms with van der Waals surface area (Å²) in [5.74, 6) is -2.50. The molecule has 262 valence electrons. The van der Waals surface area contributed by atoms with Gasteiger partial charge in [-0.25, -0.2) is 4.68 Å². The first-order valence-corrected chi connectivity index (χ1v) is 15.5. The van der Waals surface area contributed by atoms with Gasteiger partial charge in [-0.2, -0.15) is 5.26 Å². The van der Waals surface area contributed by atoms with Crippen LogP contribution in [0.5, 0.6) is 11.5 Å². The van der Waals surface area contributed by atoms with Gasteiger partial charge in [-0.3, -0.25) is 19.2 Å². The lowest BCUT2D eigenvalue weighted by Gasteiger charge is -2.44. The van der Waals surface area contributed by atoms with Crippen molar-refractivity contribution in [2.75, 3.05) is 6.61 Å². The first-order valence-electron chi connectivity index (χ1n) is 15.5. The minimum Gasteiger partial charge on any atom is -0.487 e. The molecule has 1 unspecified atom stereocenters. The molecule has 0 radical (unpaired) electrons. The third kappa shape index (κ3) is 8.01. The Labute approximate surface area is 286 Å². The van der Waals surface area contributed by atoms with Gasteiger partial charge in [0.15, 0.2) is 24.5 Å². The maximum absolute atomic E-state index is 12.2. The molecule has 50 heavy (non-hydrogen) atoms. The van der Waals surface area contributed by atoms with Crippen LogP contribution in [0.1, 0.15) is 62.2 Å². The first kappa shape index (κ1) is 35.4. The van der Waals surface area contributed by atoms with Crippen molar-refractivity contribution in [3.05, 3.63) is 82.5 Å². The molecule has 2 N–H and O–H groups in total. The van der Waals surface area contributed by atoms with Crippen LogP contribution in [0.3, 0.4) is 0 Å². The summed E-state index contributed by atoms with van der Waals surface area (Å²) in [6.07, 6.45) is -5.00. The van der Waals surface area contributed by atoms with Crippen molar-refractivity contribution < 1.29 is 52.3 Å². The molecule has 2 aliphatic rings. The molecule has 2 aromatic carbocycles. The highest BCUT2D eigenvalue weighted by Crippen LogP contribution is 2.43. The molecule has 1 aromatic heterocycles. The van der Waals surface area contributed by atoms with E-state index in [0.29, 0.717) is 22.8 Å². The van der Waals surface area contributed by atoms with E-state index in [1.807, 2.05) is 31.2 Å². The molecular formula is C34H35N5O11. The summed E-state index contributed by atoms with van der Waals surface area (Å²) in [6, 6.07) is 15.2. The van der Waals surface area contributed by atoms with Gasteiger partial charge in [0.05, 0.1) is 12.1 Å². The summed E-state index contributed by atoms with van der Waals surface area (Å²) < 4.78 is 40.7. The molecule has 3 heterocycles. The van der Waals surface area contributed by atoms with E-state index >= 15 is 0 Å². The van der Waals surface area contributed by atoms with Crippen LogP contribution in [-0.2, 0) is 49.5 Å². The number of hydrogen-bond donors (Lipinski definition) is 1. The summed E-state index contributed by atoms with van der Waals surface area (Å²) in [6.45, 7) is 6.10. The molecule has 3 aromatic rings. The highest BCUT2D eigenvalue weighted by atomic mass is 16.7. The largest absolute Gasteiger partial charge is 0.487 e. The maximum atomic E-state index is 12.2. The van der Waals surface area contributed by atoms with Gasteiger partial charge in [-0.1, -0.05) is 41.1 Å². The standard InChI is InChI=1S/C34H35N5O11/c1-17-6-8-22(9-7-17)29-25-11-10-24(12-27(25)49-33(36)26(29)13-35)45-15-23-14-39(38-37-23)34-32(48-21(5)43)31(47-20(4)42)30(46-19(3)41)28(50-34)16-44-18(2)40/h6-12,14,28-32,34H,15-16,36H2,1-5H3/t28-,29?,30-,31+,32-,34-/m1/s1. The number of aryl methyl sites for hydroxylation is 1. The van der Waals surface area contributed by atoms with E-state index < -0.39 is 60.4 Å². The van der Waals surface area contributed by atoms with E-state index in [9.17, 15) is 24.4 Å². The topological polar surface area (TPSA) is 213 Å². The van der Waals surface area contributed by atoms with Crippen molar-refractivity contribution in [1.29, 1.82) is 5.26 Å². The number of aromatic nitrogens is 3. The number of carbonyl (C=O) groups is 4. The monoisotopic (exact) mass is 689 g/mol. The highest BCUT2D eigenvalue weighted by molar-refractivity contribution is 5.69. The van der Waals surface area contributed by atoms with Crippen molar-refractivity contribution in [2.45, 2.75) is 77.8 Å². The second-order valence-electron chi connectivity index (χ2n) is 11.6. The van der Waals surface area contributed by atoms with E-state index in [1.165, 1.54) is 17.8 Å². The number of rotatable bonds is 10. The first-order chi connectivity index (χ1) is 23.8. The lowest BCUT2D eigenvalue weighted by atomic mass is 9.83. The Bertz CT molecular complexity index is 1850. The number of nitriles is 1. The third-order valence-corrected chi connectivity index (χ3v) is 7.77. The molecule has 6 atom stereocenters. The van der Waals surface area contributed by atoms with Gasteiger partial charge >= 0.3 is 23.9 Å². The zero-order valence-electron chi connectivity index (χ0n) is 27.9. The molecule has 1 fully saturated rings. The van der Waals surface area contributed by atoms with Gasteiger partial charge in [0.25, 0.3) is 0 Å². The molecule has 5 rings (SSSR count). The van der Waals surface area contributed by atoms with E-state index in [2.05, 4.69) is 16.4 Å². The lowest BCUT2D eigenvalue weighted by Crippen LogP contribution is -2.60. The van der Waals surface area contributed by atoms with Gasteiger partial charge < -0.3 is 38.9 Å². The van der Waals surface area contributed by atoms with Crippen LogP contribution in [0.4, 0.5) is 0 Å². The van der Waals surface area contributed by atoms with E-state index in [0.717, 1.165) is 37.5 Å². The molecule has 16 nitrogen and oxygen atoms in total. The fourth-order valence-corrected chi connectivity index (χ4v) is 5.71. The van der Waals surface area contributed by atoms with Crippen LogP contribution in [-0.4, -0.2) is 69.9 Å². The Hall–Kier alpha value is -5.95. The Morgan fingerprint density at radius 1 is 0.920 bits per heavy atom. The van der Waals surface area contributed by atoms with Crippen LogP contribution in [0.2, 0.25) is 0 Å². The summed E-state index contributed by atoms with van der Waals surface area (Å²) in [4.78, 5) is 48.0. The summed E-state index contributed by atoms with van der Waals surface area (Å²) in [5.41, 5.74) is 9.47. The number of hydrogen-bond acceptors (Lipinski definition) is 15. The SMILES string of the molecule is CC(=O)OC[C@H]1O[C@@H](n2cc(COc3ccc4c(c3)OC(N)=C(C#N)C4c3ccc(C)cc3)nn2)[C@H](OC(C)=O)[C@@H](OC(C)=O)[C@@H]1OC(C)=O. The minimum absolute atomic E-state index is 0.00418. The fourth-order valence-electron chi connectivity index (χ4n) is 5.71. The summed E-state index contributed by atoms with van der Waals surface area (Å²) >= 11 is 0. The fraction of sp³-hybridized carbons (Fsp3) is 0.382. The van der Waals surface area contributed by atoms with Crippen LogP contribution >= 0.6 is 0 Å². The van der Waals surface area contributed by atoms with Crippen LogP contribution < -0.4 is 15.2 Å². The predicted molar refractivity (Wildman–Crippen MR) is 168 cm³/mol. The van der Waals surface area contributed by atoms with Gasteiger partial charge in [0.2, 0.25) is 5.88 Å². The number of nitrogens with two attached hydrogens (primary N) is 1. The normalized spacial score (nSPS) is 22.6. The Balaban J connectivity index is 1.39. The van der Waals surface area contributed by atoms with Gasteiger partial charge in [0.1, 0.15) is 48.2 Å². The molecule has 0 aliphatic carbocycles. The van der Waals surface area contributed by atoms with Gasteiger partial charge in [0, 0.05) is 39.3 Å². The van der Waals surface area contributed by atoms with Crippen molar-refractivity contribution in [2.24, 2.45) is 5.73 Å². The number of carbonyl (C=O) groups excluding carboxylic acids is 4. The zero-order chi connectivity index (χ0) is 36.1. The van der Waals surface area contributed by atoms with Crippen LogP contribution in [0.15, 0.2) is 60.1 Å².